The second-order valence-electron chi connectivity index (χ2n) is 6.70. The number of anilines is 2. The smallest absolute Gasteiger partial charge is 0.255 e. The Morgan fingerprint density at radius 1 is 1.10 bits per heavy atom. The molecular weight excluding hydrogens is 394 g/mol. The molecule has 0 unspecified atom stereocenters. The van der Waals surface area contributed by atoms with Gasteiger partial charge in [0.1, 0.15) is 12.4 Å². The number of rotatable bonds is 8. The van der Waals surface area contributed by atoms with Crippen LogP contribution in [0.3, 0.4) is 0 Å². The summed E-state index contributed by atoms with van der Waals surface area (Å²) in [6, 6.07) is 12.0. The van der Waals surface area contributed by atoms with E-state index < -0.39 is 15.9 Å². The van der Waals surface area contributed by atoms with Gasteiger partial charge in [-0.3, -0.25) is 14.3 Å². The van der Waals surface area contributed by atoms with Crippen molar-refractivity contribution in [2.45, 2.75) is 13.8 Å². The van der Waals surface area contributed by atoms with Crippen molar-refractivity contribution >= 4 is 33.2 Å². The van der Waals surface area contributed by atoms with Crippen LogP contribution in [0.15, 0.2) is 42.5 Å². The van der Waals surface area contributed by atoms with Gasteiger partial charge in [0.25, 0.3) is 5.91 Å². The molecule has 0 heterocycles. The van der Waals surface area contributed by atoms with Gasteiger partial charge in [-0.15, -0.1) is 0 Å². The van der Waals surface area contributed by atoms with Crippen LogP contribution in [-0.2, 0) is 14.8 Å². The van der Waals surface area contributed by atoms with Crippen molar-refractivity contribution in [1.82, 2.24) is 4.90 Å². The summed E-state index contributed by atoms with van der Waals surface area (Å²) in [6.45, 7) is 3.88. The lowest BCUT2D eigenvalue weighted by atomic mass is 10.1. The molecule has 0 aliphatic rings. The Balaban J connectivity index is 2.14. The quantitative estimate of drug-likeness (QED) is 0.684. The molecule has 2 aromatic rings. The van der Waals surface area contributed by atoms with Crippen molar-refractivity contribution in [3.8, 4) is 5.75 Å². The topological polar surface area (TPSA) is 105 Å². The zero-order chi connectivity index (χ0) is 21.6. The predicted molar refractivity (Wildman–Crippen MR) is 113 cm³/mol. The van der Waals surface area contributed by atoms with Gasteiger partial charge in [0.15, 0.2) is 0 Å². The Kier molecular flexibility index (Phi) is 7.22. The molecule has 8 nitrogen and oxygen atoms in total. The first kappa shape index (κ1) is 22.2. The highest BCUT2D eigenvalue weighted by atomic mass is 32.2. The maximum atomic E-state index is 12.9. The molecule has 0 fully saturated rings. The van der Waals surface area contributed by atoms with Gasteiger partial charge in [0, 0.05) is 19.7 Å². The molecular formula is C20H25N3O5S. The third-order valence-corrected chi connectivity index (χ3v) is 4.52. The molecule has 0 aliphatic heterocycles. The van der Waals surface area contributed by atoms with Crippen LogP contribution in [-0.4, -0.2) is 51.6 Å². The van der Waals surface area contributed by atoms with Crippen molar-refractivity contribution in [1.29, 1.82) is 0 Å². The van der Waals surface area contributed by atoms with E-state index in [1.807, 2.05) is 31.2 Å². The third-order valence-electron chi connectivity index (χ3n) is 3.93. The summed E-state index contributed by atoms with van der Waals surface area (Å²) in [6.07, 6.45) is 1.00. The van der Waals surface area contributed by atoms with E-state index in [1.54, 1.807) is 7.05 Å². The summed E-state index contributed by atoms with van der Waals surface area (Å²) in [5.41, 5.74) is 1.77. The summed E-state index contributed by atoms with van der Waals surface area (Å²) in [5, 5.41) is 2.59. The van der Waals surface area contributed by atoms with E-state index in [0.29, 0.717) is 11.4 Å². The Hall–Kier alpha value is -3.07. The molecule has 2 aromatic carbocycles. The van der Waals surface area contributed by atoms with E-state index in [1.165, 1.54) is 30.0 Å². The number of nitrogens with zero attached hydrogens (tertiary/aromatic N) is 1. The van der Waals surface area contributed by atoms with Crippen molar-refractivity contribution in [3.63, 3.8) is 0 Å². The summed E-state index contributed by atoms with van der Waals surface area (Å²) < 4.78 is 31.2. The van der Waals surface area contributed by atoms with Crippen molar-refractivity contribution in [2.75, 3.05) is 36.5 Å². The van der Waals surface area contributed by atoms with Crippen LogP contribution < -0.4 is 14.8 Å². The van der Waals surface area contributed by atoms with Crippen molar-refractivity contribution in [3.05, 3.63) is 53.6 Å². The van der Waals surface area contributed by atoms with E-state index >= 15 is 0 Å². The fourth-order valence-electron chi connectivity index (χ4n) is 2.53. The molecule has 2 N–H and O–H groups in total. The highest BCUT2D eigenvalue weighted by molar-refractivity contribution is 7.92. The fraction of sp³-hybridized carbons (Fsp3) is 0.300. The van der Waals surface area contributed by atoms with Crippen LogP contribution in [0.25, 0.3) is 0 Å². The highest BCUT2D eigenvalue weighted by Crippen LogP contribution is 2.23. The predicted octanol–water partition coefficient (Wildman–Crippen LogP) is 2.48. The van der Waals surface area contributed by atoms with Crippen LogP contribution in [0, 0.1) is 6.92 Å². The number of carbonyl (C=O) groups is 2. The van der Waals surface area contributed by atoms with Gasteiger partial charge in [-0.25, -0.2) is 8.42 Å². The summed E-state index contributed by atoms with van der Waals surface area (Å²) >= 11 is 0. The van der Waals surface area contributed by atoms with Crippen LogP contribution in [0.2, 0.25) is 0 Å². The maximum absolute atomic E-state index is 12.9. The Morgan fingerprint density at radius 3 is 2.34 bits per heavy atom. The van der Waals surface area contributed by atoms with Crippen molar-refractivity contribution in [2.24, 2.45) is 0 Å². The van der Waals surface area contributed by atoms with Crippen LogP contribution in [0.4, 0.5) is 11.4 Å². The molecule has 9 heteroatoms. The molecule has 156 valence electrons. The zero-order valence-electron chi connectivity index (χ0n) is 16.9. The van der Waals surface area contributed by atoms with Gasteiger partial charge in [-0.1, -0.05) is 17.7 Å². The average Bonchev–Trinajstić information content (AvgIpc) is 2.62. The summed E-state index contributed by atoms with van der Waals surface area (Å²) in [7, 11) is -1.99. The highest BCUT2D eigenvalue weighted by Gasteiger charge is 2.19. The first-order valence-electron chi connectivity index (χ1n) is 8.89. The van der Waals surface area contributed by atoms with E-state index in [0.717, 1.165) is 11.8 Å². The van der Waals surface area contributed by atoms with E-state index in [-0.39, 0.29) is 30.3 Å². The molecule has 0 radical (unpaired) electrons. The molecule has 2 amide bonds. The molecule has 29 heavy (non-hydrogen) atoms. The van der Waals surface area contributed by atoms with E-state index in [4.69, 9.17) is 4.74 Å². The fourth-order valence-corrected chi connectivity index (χ4v) is 3.11. The molecule has 0 aliphatic carbocycles. The number of hydrogen-bond acceptors (Lipinski definition) is 5. The van der Waals surface area contributed by atoms with Gasteiger partial charge >= 0.3 is 0 Å². The Labute approximate surface area is 170 Å². The largest absolute Gasteiger partial charge is 0.492 e. The lowest BCUT2D eigenvalue weighted by Crippen LogP contribution is -2.31. The number of likely N-dealkylation sites (N-methyl/N-ethyl adjacent to an activating group) is 1. The second kappa shape index (κ2) is 9.42. The van der Waals surface area contributed by atoms with Crippen LogP contribution in [0.5, 0.6) is 5.75 Å². The van der Waals surface area contributed by atoms with Gasteiger partial charge in [0.05, 0.1) is 24.1 Å². The van der Waals surface area contributed by atoms with Crippen molar-refractivity contribution < 1.29 is 22.7 Å². The molecule has 0 bridgehead atoms. The zero-order valence-corrected chi connectivity index (χ0v) is 17.7. The maximum Gasteiger partial charge on any atom is 0.255 e. The first-order valence-corrected chi connectivity index (χ1v) is 10.8. The average molecular weight is 420 g/mol. The molecule has 0 atom stereocenters. The second-order valence-corrected chi connectivity index (χ2v) is 8.45. The van der Waals surface area contributed by atoms with E-state index in [2.05, 4.69) is 10.0 Å². The van der Waals surface area contributed by atoms with Gasteiger partial charge < -0.3 is 15.0 Å². The number of aryl methyl sites for hydroxylation is 1. The molecule has 0 aromatic heterocycles. The number of hydrogen-bond donors (Lipinski definition) is 2. The summed E-state index contributed by atoms with van der Waals surface area (Å²) in [4.78, 5) is 25.6. The number of nitrogens with one attached hydrogen (secondary N) is 2. The lowest BCUT2D eigenvalue weighted by molar-refractivity contribution is -0.114. The number of sulfonamides is 1. The first-order chi connectivity index (χ1) is 13.5. The van der Waals surface area contributed by atoms with Gasteiger partial charge in [-0.05, 0) is 37.3 Å². The SMILES string of the molecule is CC(=O)Nc1ccc(NS(C)(=O)=O)c(C(=O)N(C)CCOc2ccc(C)cc2)c1. The Morgan fingerprint density at radius 2 is 1.76 bits per heavy atom. The number of ether oxygens (including phenoxy) is 1. The number of carbonyl (C=O) groups excluding carboxylic acids is 2. The number of amides is 2. The number of benzene rings is 2. The van der Waals surface area contributed by atoms with E-state index in [9.17, 15) is 18.0 Å². The molecule has 0 spiro atoms. The standard InChI is InChI=1S/C20H25N3O5S/c1-14-5-8-17(9-6-14)28-12-11-23(3)20(25)18-13-16(21-15(2)24)7-10-19(18)22-29(4,26)27/h5-10,13,22H,11-12H2,1-4H3,(H,21,24). The third kappa shape index (κ3) is 7.11. The molecule has 2 rings (SSSR count). The monoisotopic (exact) mass is 419 g/mol. The Bertz CT molecular complexity index is 988. The minimum Gasteiger partial charge on any atom is -0.492 e. The van der Waals surface area contributed by atoms with Crippen LogP contribution in [0.1, 0.15) is 22.8 Å². The van der Waals surface area contributed by atoms with Gasteiger partial charge in [0.2, 0.25) is 15.9 Å². The summed E-state index contributed by atoms with van der Waals surface area (Å²) in [5.74, 6) is -0.00790. The molecule has 0 saturated carbocycles. The normalized spacial score (nSPS) is 10.9. The minimum atomic E-state index is -3.58. The molecule has 0 saturated heterocycles. The van der Waals surface area contributed by atoms with Crippen LogP contribution >= 0.6 is 0 Å². The minimum absolute atomic E-state index is 0.125. The lowest BCUT2D eigenvalue weighted by Gasteiger charge is -2.20. The van der Waals surface area contributed by atoms with Gasteiger partial charge in [-0.2, -0.15) is 0 Å².